The molecule has 1 aromatic rings. The Balaban J connectivity index is 0.00000420. The summed E-state index contributed by atoms with van der Waals surface area (Å²) in [6.07, 6.45) is 1.12. The van der Waals surface area contributed by atoms with Crippen LogP contribution in [0, 0.1) is 12.8 Å². The number of halogens is 1. The molecule has 2 heterocycles. The van der Waals surface area contributed by atoms with Crippen molar-refractivity contribution >= 4 is 29.9 Å². The van der Waals surface area contributed by atoms with E-state index in [2.05, 4.69) is 34.4 Å². The fourth-order valence-corrected chi connectivity index (χ4v) is 3.44. The smallest absolute Gasteiger partial charge is 0.191 e. The summed E-state index contributed by atoms with van der Waals surface area (Å²) in [7, 11) is 0. The summed E-state index contributed by atoms with van der Waals surface area (Å²) in [6.45, 7) is 15.5. The number of furan rings is 1. The lowest BCUT2D eigenvalue weighted by Gasteiger charge is -2.35. The van der Waals surface area contributed by atoms with E-state index >= 15 is 0 Å². The number of rotatable bonds is 9. The van der Waals surface area contributed by atoms with Crippen LogP contribution in [0.2, 0.25) is 0 Å². The average Bonchev–Trinajstić information content (AvgIpc) is 3.10. The van der Waals surface area contributed by atoms with Gasteiger partial charge in [-0.2, -0.15) is 0 Å². The summed E-state index contributed by atoms with van der Waals surface area (Å²) in [4.78, 5) is 7.11. The molecule has 0 aromatic carbocycles. The minimum absolute atomic E-state index is 0. The highest BCUT2D eigenvalue weighted by atomic mass is 127. The van der Waals surface area contributed by atoms with Gasteiger partial charge in [-0.15, -0.1) is 24.0 Å². The van der Waals surface area contributed by atoms with Gasteiger partial charge in [0.2, 0.25) is 0 Å². The molecular formula is C21H39IN4O3. The summed E-state index contributed by atoms with van der Waals surface area (Å²) in [5.74, 6) is 2.66. The Labute approximate surface area is 192 Å². The van der Waals surface area contributed by atoms with Crippen molar-refractivity contribution in [3.8, 4) is 0 Å². The van der Waals surface area contributed by atoms with E-state index < -0.39 is 5.60 Å². The van der Waals surface area contributed by atoms with Crippen LogP contribution in [0.15, 0.2) is 21.5 Å². The number of hydrogen-bond acceptors (Lipinski definition) is 5. The van der Waals surface area contributed by atoms with Gasteiger partial charge < -0.3 is 24.9 Å². The zero-order valence-corrected chi connectivity index (χ0v) is 20.9. The Morgan fingerprint density at radius 1 is 1.28 bits per heavy atom. The van der Waals surface area contributed by atoms with E-state index in [1.54, 1.807) is 6.92 Å². The minimum Gasteiger partial charge on any atom is -0.463 e. The monoisotopic (exact) mass is 522 g/mol. The third kappa shape index (κ3) is 8.82. The summed E-state index contributed by atoms with van der Waals surface area (Å²) >= 11 is 0. The fourth-order valence-electron chi connectivity index (χ4n) is 3.44. The molecule has 3 N–H and O–H groups in total. The summed E-state index contributed by atoms with van der Waals surface area (Å²) in [5.41, 5.74) is -1.14. The van der Waals surface area contributed by atoms with E-state index in [1.807, 2.05) is 26.0 Å². The van der Waals surface area contributed by atoms with Gasteiger partial charge in [0.25, 0.3) is 0 Å². The van der Waals surface area contributed by atoms with Crippen LogP contribution in [0.5, 0.6) is 0 Å². The molecule has 168 valence electrons. The Bertz CT molecular complexity index is 613. The summed E-state index contributed by atoms with van der Waals surface area (Å²) < 4.78 is 11.1. The highest BCUT2D eigenvalue weighted by Crippen LogP contribution is 2.23. The lowest BCUT2D eigenvalue weighted by atomic mass is 10.0. The Morgan fingerprint density at radius 3 is 2.52 bits per heavy atom. The summed E-state index contributed by atoms with van der Waals surface area (Å²) in [6, 6.07) is 4.10. The van der Waals surface area contributed by atoms with Crippen molar-refractivity contribution in [2.45, 2.75) is 52.7 Å². The Kier molecular flexibility index (Phi) is 11.5. The highest BCUT2D eigenvalue weighted by molar-refractivity contribution is 14.0. The van der Waals surface area contributed by atoms with E-state index in [4.69, 9.17) is 9.15 Å². The maximum Gasteiger partial charge on any atom is 0.191 e. The first-order valence-electron chi connectivity index (χ1n) is 10.4. The number of aliphatic hydroxyl groups is 1. The normalized spacial score (nSPS) is 18.8. The van der Waals surface area contributed by atoms with E-state index in [0.29, 0.717) is 23.7 Å². The van der Waals surface area contributed by atoms with Crippen LogP contribution in [-0.2, 0) is 10.3 Å². The molecule has 7 nitrogen and oxygen atoms in total. The van der Waals surface area contributed by atoms with Crippen molar-refractivity contribution in [3.05, 3.63) is 23.7 Å². The number of morpholine rings is 1. The molecule has 29 heavy (non-hydrogen) atoms. The fraction of sp³-hybridized carbons (Fsp3) is 0.762. The van der Waals surface area contributed by atoms with Gasteiger partial charge >= 0.3 is 0 Å². The van der Waals surface area contributed by atoms with Gasteiger partial charge in [0, 0.05) is 32.2 Å². The SMILES string of the molecule is CCNC(=NCC(C)(O)c1ccc(C)o1)NCC(CC(C)C)N1CCOCC1.I. The third-order valence-corrected chi connectivity index (χ3v) is 4.97. The van der Waals surface area contributed by atoms with Crippen LogP contribution in [0.4, 0.5) is 0 Å². The zero-order chi connectivity index (χ0) is 20.6. The first kappa shape index (κ1) is 26.2. The second-order valence-corrected chi connectivity index (χ2v) is 8.19. The second kappa shape index (κ2) is 12.8. The lowest BCUT2D eigenvalue weighted by molar-refractivity contribution is 0.0132. The molecule has 0 bridgehead atoms. The van der Waals surface area contributed by atoms with Crippen LogP contribution in [0.3, 0.4) is 0 Å². The van der Waals surface area contributed by atoms with Crippen molar-refractivity contribution in [2.75, 3.05) is 45.9 Å². The van der Waals surface area contributed by atoms with E-state index in [1.165, 1.54) is 0 Å². The first-order valence-corrected chi connectivity index (χ1v) is 10.4. The molecule has 1 saturated heterocycles. The van der Waals surface area contributed by atoms with Crippen molar-refractivity contribution in [1.82, 2.24) is 15.5 Å². The maximum absolute atomic E-state index is 10.7. The van der Waals surface area contributed by atoms with Crippen molar-refractivity contribution < 1.29 is 14.3 Å². The Morgan fingerprint density at radius 2 is 1.97 bits per heavy atom. The summed E-state index contributed by atoms with van der Waals surface area (Å²) in [5, 5.41) is 17.5. The number of ether oxygens (including phenoxy) is 1. The second-order valence-electron chi connectivity index (χ2n) is 8.19. The predicted octanol–water partition coefficient (Wildman–Crippen LogP) is 2.72. The van der Waals surface area contributed by atoms with Crippen LogP contribution in [-0.4, -0.2) is 67.9 Å². The molecule has 1 aliphatic heterocycles. The molecule has 1 fully saturated rings. The molecule has 0 spiro atoms. The van der Waals surface area contributed by atoms with E-state index in [9.17, 15) is 5.11 Å². The molecule has 8 heteroatoms. The van der Waals surface area contributed by atoms with Gasteiger partial charge in [0.15, 0.2) is 5.96 Å². The van der Waals surface area contributed by atoms with E-state index in [-0.39, 0.29) is 30.5 Å². The molecular weight excluding hydrogens is 483 g/mol. The lowest BCUT2D eigenvalue weighted by Crippen LogP contribution is -2.51. The quantitative estimate of drug-likeness (QED) is 0.263. The van der Waals surface area contributed by atoms with Gasteiger partial charge in [0.1, 0.15) is 17.1 Å². The molecule has 2 unspecified atom stereocenters. The number of aliphatic imine (C=N–C) groups is 1. The van der Waals surface area contributed by atoms with Gasteiger partial charge in [-0.1, -0.05) is 13.8 Å². The van der Waals surface area contributed by atoms with Crippen molar-refractivity contribution in [1.29, 1.82) is 0 Å². The largest absolute Gasteiger partial charge is 0.463 e. The van der Waals surface area contributed by atoms with Gasteiger partial charge in [-0.05, 0) is 45.2 Å². The molecule has 1 aliphatic rings. The zero-order valence-electron chi connectivity index (χ0n) is 18.5. The molecule has 2 atom stereocenters. The third-order valence-electron chi connectivity index (χ3n) is 4.97. The van der Waals surface area contributed by atoms with Crippen molar-refractivity contribution in [2.24, 2.45) is 10.9 Å². The minimum atomic E-state index is -1.14. The standard InChI is InChI=1S/C21H38N4O3.HI/c1-6-22-20(24-15-21(5,26)19-8-7-17(4)28-19)23-14-18(13-16(2)3)25-9-11-27-12-10-25;/h7-8,16,18,26H,6,9-15H2,1-5H3,(H2,22,23,24);1H. The number of hydrogen-bond donors (Lipinski definition) is 3. The highest BCUT2D eigenvalue weighted by Gasteiger charge is 2.27. The topological polar surface area (TPSA) is 82.3 Å². The molecule has 0 aliphatic carbocycles. The maximum atomic E-state index is 10.7. The molecule has 1 aromatic heterocycles. The van der Waals surface area contributed by atoms with E-state index in [0.717, 1.165) is 51.6 Å². The first-order chi connectivity index (χ1) is 13.3. The van der Waals surface area contributed by atoms with Crippen LogP contribution in [0.1, 0.15) is 45.6 Å². The number of nitrogens with one attached hydrogen (secondary N) is 2. The average molecular weight is 522 g/mol. The number of nitrogens with zero attached hydrogens (tertiary/aromatic N) is 2. The number of guanidine groups is 1. The van der Waals surface area contributed by atoms with Crippen LogP contribution >= 0.6 is 24.0 Å². The van der Waals surface area contributed by atoms with Crippen LogP contribution < -0.4 is 10.6 Å². The van der Waals surface area contributed by atoms with Crippen molar-refractivity contribution in [3.63, 3.8) is 0 Å². The number of aryl methyl sites for hydroxylation is 1. The molecule has 2 rings (SSSR count). The van der Waals surface area contributed by atoms with Gasteiger partial charge in [-0.25, -0.2) is 4.99 Å². The molecule has 0 saturated carbocycles. The molecule has 0 radical (unpaired) electrons. The van der Waals surface area contributed by atoms with Gasteiger partial charge in [0.05, 0.1) is 19.8 Å². The Hall–Kier alpha value is -0.840. The predicted molar refractivity (Wildman–Crippen MR) is 128 cm³/mol. The van der Waals surface area contributed by atoms with Gasteiger partial charge in [-0.3, -0.25) is 4.90 Å². The van der Waals surface area contributed by atoms with Crippen LogP contribution in [0.25, 0.3) is 0 Å². The molecule has 0 amide bonds.